The maximum absolute atomic E-state index is 13.1. The van der Waals surface area contributed by atoms with Crippen molar-refractivity contribution in [3.05, 3.63) is 59.9 Å². The Hall–Kier alpha value is -3.09. The standard InChI is InChI=1S/C24H30N2O5/c1-15(14-17-10-12-19(31-4)13-11-17)24(3)20(21(27)28)26(22(24)29)23(30)25-16(2)18-8-6-5-7-9-18/h5-10,12-13,15-17,20H,11,14H2,1-4H3,(H,25,30)(H,27,28)/t15-,16-,17?,20-,24-/m1/s1. The number of carboxylic acids is 1. The summed E-state index contributed by atoms with van der Waals surface area (Å²) in [5.41, 5.74) is -0.266. The summed E-state index contributed by atoms with van der Waals surface area (Å²) >= 11 is 0. The van der Waals surface area contributed by atoms with Crippen LogP contribution in [0.2, 0.25) is 0 Å². The number of nitrogens with one attached hydrogen (secondary N) is 1. The second-order valence-electron chi connectivity index (χ2n) is 8.58. The van der Waals surface area contributed by atoms with Crippen molar-refractivity contribution in [1.82, 2.24) is 10.2 Å². The van der Waals surface area contributed by atoms with Crippen LogP contribution in [0.4, 0.5) is 4.79 Å². The summed E-state index contributed by atoms with van der Waals surface area (Å²) in [5.74, 6) is -0.846. The van der Waals surface area contributed by atoms with Gasteiger partial charge in [0.15, 0.2) is 6.04 Å². The minimum absolute atomic E-state index is 0.189. The number of urea groups is 1. The van der Waals surface area contributed by atoms with Gasteiger partial charge in [0.2, 0.25) is 5.91 Å². The molecule has 0 radical (unpaired) electrons. The predicted molar refractivity (Wildman–Crippen MR) is 116 cm³/mol. The molecule has 0 saturated carbocycles. The van der Waals surface area contributed by atoms with Crippen LogP contribution < -0.4 is 5.32 Å². The quantitative estimate of drug-likeness (QED) is 0.645. The molecule has 7 heteroatoms. The van der Waals surface area contributed by atoms with Gasteiger partial charge in [-0.15, -0.1) is 0 Å². The molecule has 1 aliphatic heterocycles. The van der Waals surface area contributed by atoms with E-state index < -0.39 is 29.4 Å². The summed E-state index contributed by atoms with van der Waals surface area (Å²) in [4.78, 5) is 38.8. The lowest BCUT2D eigenvalue weighted by Crippen LogP contribution is -2.75. The predicted octanol–water partition coefficient (Wildman–Crippen LogP) is 3.89. The maximum Gasteiger partial charge on any atom is 0.328 e. The fraction of sp³-hybridized carbons (Fsp3) is 0.458. The Labute approximate surface area is 182 Å². The van der Waals surface area contributed by atoms with Gasteiger partial charge in [0.05, 0.1) is 18.6 Å². The first-order valence-electron chi connectivity index (χ1n) is 10.5. The van der Waals surface area contributed by atoms with Crippen LogP contribution in [-0.2, 0) is 14.3 Å². The van der Waals surface area contributed by atoms with Gasteiger partial charge >= 0.3 is 12.0 Å². The van der Waals surface area contributed by atoms with Gasteiger partial charge in [-0.1, -0.05) is 43.3 Å². The lowest BCUT2D eigenvalue weighted by molar-refractivity contribution is -0.182. The molecule has 3 amide bonds. The van der Waals surface area contributed by atoms with E-state index in [1.807, 2.05) is 55.5 Å². The summed E-state index contributed by atoms with van der Waals surface area (Å²) in [5, 5.41) is 12.6. The molecule has 1 aromatic rings. The maximum atomic E-state index is 13.1. The number of likely N-dealkylation sites (tertiary alicyclic amines) is 1. The van der Waals surface area contributed by atoms with Gasteiger partial charge in [-0.05, 0) is 56.2 Å². The first kappa shape index (κ1) is 22.6. The number of methoxy groups -OCH3 is 1. The van der Waals surface area contributed by atoms with Crippen LogP contribution >= 0.6 is 0 Å². The van der Waals surface area contributed by atoms with Crippen molar-refractivity contribution in [2.75, 3.05) is 7.11 Å². The smallest absolute Gasteiger partial charge is 0.328 e. The van der Waals surface area contributed by atoms with Crippen molar-refractivity contribution in [3.63, 3.8) is 0 Å². The Bertz CT molecular complexity index is 910. The van der Waals surface area contributed by atoms with Crippen molar-refractivity contribution in [2.45, 2.75) is 45.7 Å². The summed E-state index contributed by atoms with van der Waals surface area (Å²) < 4.78 is 5.20. The number of carbonyl (C=O) groups excluding carboxylic acids is 2. The highest BCUT2D eigenvalue weighted by Gasteiger charge is 2.65. The number of nitrogens with zero attached hydrogens (tertiary/aromatic N) is 1. The third-order valence-corrected chi connectivity index (χ3v) is 6.67. The van der Waals surface area contributed by atoms with Gasteiger partial charge in [0.25, 0.3) is 0 Å². The number of β-lactam (4-membered cyclic amide) rings is 1. The number of carboxylic acid groups (broad SMARTS) is 1. The lowest BCUT2D eigenvalue weighted by Gasteiger charge is -2.54. The number of amides is 3. The van der Waals surface area contributed by atoms with Crippen LogP contribution in [0.1, 0.15) is 45.2 Å². The van der Waals surface area contributed by atoms with Crippen LogP contribution in [0.25, 0.3) is 0 Å². The van der Waals surface area contributed by atoms with Gasteiger partial charge in [0, 0.05) is 0 Å². The molecular weight excluding hydrogens is 396 g/mol. The number of ether oxygens (including phenoxy) is 1. The second-order valence-corrected chi connectivity index (χ2v) is 8.58. The molecule has 0 aromatic heterocycles. The zero-order chi connectivity index (χ0) is 22.8. The number of rotatable bonds is 7. The average Bonchev–Trinajstić information content (AvgIpc) is 2.76. The van der Waals surface area contributed by atoms with Gasteiger partial charge in [0.1, 0.15) is 5.76 Å². The Balaban J connectivity index is 1.70. The second kappa shape index (κ2) is 8.96. The number of imide groups is 1. The number of allylic oxidation sites excluding steroid dienone is 3. The zero-order valence-electron chi connectivity index (χ0n) is 18.4. The summed E-state index contributed by atoms with van der Waals surface area (Å²) in [7, 11) is 1.61. The largest absolute Gasteiger partial charge is 0.497 e. The number of hydrogen-bond donors (Lipinski definition) is 2. The van der Waals surface area contributed by atoms with E-state index in [1.54, 1.807) is 21.0 Å². The van der Waals surface area contributed by atoms with E-state index in [9.17, 15) is 19.5 Å². The van der Waals surface area contributed by atoms with Gasteiger partial charge in [-0.3, -0.25) is 4.79 Å². The van der Waals surface area contributed by atoms with Gasteiger partial charge in [-0.2, -0.15) is 0 Å². The molecule has 1 aliphatic carbocycles. The molecule has 1 aromatic carbocycles. The van der Waals surface area contributed by atoms with Gasteiger partial charge < -0.3 is 15.2 Å². The monoisotopic (exact) mass is 426 g/mol. The highest BCUT2D eigenvalue weighted by molar-refractivity contribution is 6.09. The van der Waals surface area contributed by atoms with Crippen molar-refractivity contribution < 1.29 is 24.2 Å². The molecule has 2 aliphatic rings. The molecule has 1 unspecified atom stereocenters. The molecule has 0 bridgehead atoms. The lowest BCUT2D eigenvalue weighted by atomic mass is 9.62. The summed E-state index contributed by atoms with van der Waals surface area (Å²) in [6.45, 7) is 5.34. The van der Waals surface area contributed by atoms with E-state index in [2.05, 4.69) is 5.32 Å². The fourth-order valence-electron chi connectivity index (χ4n) is 4.50. The zero-order valence-corrected chi connectivity index (χ0v) is 18.4. The van der Waals surface area contributed by atoms with E-state index in [0.717, 1.165) is 22.6 Å². The van der Waals surface area contributed by atoms with Crippen molar-refractivity contribution in [1.29, 1.82) is 0 Å². The molecular formula is C24H30N2O5. The van der Waals surface area contributed by atoms with E-state index in [0.29, 0.717) is 6.42 Å². The number of hydrogen-bond acceptors (Lipinski definition) is 4. The van der Waals surface area contributed by atoms with Gasteiger partial charge in [-0.25, -0.2) is 14.5 Å². The topological polar surface area (TPSA) is 95.9 Å². The Morgan fingerprint density at radius 3 is 2.52 bits per heavy atom. The SMILES string of the molecule is COC1=CCC(C[C@@H](C)[C@@]2(C)C(=O)N(C(=O)N[C@H](C)c3ccccc3)[C@@H]2C(=O)O)C=C1. The van der Waals surface area contributed by atoms with Crippen LogP contribution in [0, 0.1) is 17.3 Å². The minimum atomic E-state index is -1.20. The molecule has 1 fully saturated rings. The minimum Gasteiger partial charge on any atom is -0.497 e. The highest BCUT2D eigenvalue weighted by Crippen LogP contribution is 2.48. The molecule has 7 nitrogen and oxygen atoms in total. The van der Waals surface area contributed by atoms with E-state index in [1.165, 1.54) is 0 Å². The number of carbonyl (C=O) groups is 3. The molecule has 1 saturated heterocycles. The third-order valence-electron chi connectivity index (χ3n) is 6.67. The fourth-order valence-corrected chi connectivity index (χ4v) is 4.50. The molecule has 2 N–H and O–H groups in total. The van der Waals surface area contributed by atoms with E-state index in [4.69, 9.17) is 4.74 Å². The van der Waals surface area contributed by atoms with Crippen molar-refractivity contribution >= 4 is 17.9 Å². The van der Waals surface area contributed by atoms with Crippen LogP contribution in [-0.4, -0.2) is 41.1 Å². The first-order chi connectivity index (χ1) is 14.7. The van der Waals surface area contributed by atoms with Crippen LogP contribution in [0.5, 0.6) is 0 Å². The third kappa shape index (κ3) is 4.22. The number of aliphatic carboxylic acids is 1. The molecule has 31 heavy (non-hydrogen) atoms. The Morgan fingerprint density at radius 2 is 1.97 bits per heavy atom. The normalized spacial score (nSPS) is 27.0. The molecule has 3 rings (SSSR count). The Morgan fingerprint density at radius 1 is 1.29 bits per heavy atom. The average molecular weight is 427 g/mol. The Kier molecular flexibility index (Phi) is 6.53. The summed E-state index contributed by atoms with van der Waals surface area (Å²) in [6.07, 6.45) is 7.33. The summed E-state index contributed by atoms with van der Waals surface area (Å²) in [6, 6.07) is 7.09. The van der Waals surface area contributed by atoms with E-state index >= 15 is 0 Å². The highest BCUT2D eigenvalue weighted by atomic mass is 16.5. The number of benzene rings is 1. The van der Waals surface area contributed by atoms with Crippen LogP contribution in [0.15, 0.2) is 54.3 Å². The first-order valence-corrected chi connectivity index (χ1v) is 10.5. The molecule has 166 valence electrons. The van der Waals surface area contributed by atoms with E-state index in [-0.39, 0.29) is 17.9 Å². The van der Waals surface area contributed by atoms with Crippen molar-refractivity contribution in [3.8, 4) is 0 Å². The molecule has 0 spiro atoms. The van der Waals surface area contributed by atoms with Crippen molar-refractivity contribution in [2.24, 2.45) is 17.3 Å². The van der Waals surface area contributed by atoms with Crippen LogP contribution in [0.3, 0.4) is 0 Å². The molecule has 5 atom stereocenters. The molecule has 1 heterocycles.